The second-order valence-corrected chi connectivity index (χ2v) is 14.5. The molecule has 4 atom stereocenters. The van der Waals surface area contributed by atoms with Crippen LogP contribution >= 0.6 is 0 Å². The Morgan fingerprint density at radius 1 is 1.09 bits per heavy atom. The van der Waals surface area contributed by atoms with Crippen LogP contribution in [0.15, 0.2) is 23.0 Å². The van der Waals surface area contributed by atoms with Crippen LogP contribution in [0.5, 0.6) is 5.75 Å². The molecule has 5 rings (SSSR count). The van der Waals surface area contributed by atoms with Crippen LogP contribution in [0.4, 0.5) is 5.69 Å². The summed E-state index contributed by atoms with van der Waals surface area (Å²) >= 11 is 0. The molecule has 1 amide bonds. The van der Waals surface area contributed by atoms with Crippen molar-refractivity contribution >= 4 is 28.9 Å². The number of ketones is 2. The molecule has 1 aliphatic heterocycles. The predicted molar refractivity (Wildman–Crippen MR) is 166 cm³/mol. The number of phenols is 1. The lowest BCUT2D eigenvalue weighted by Gasteiger charge is -2.50. The Morgan fingerprint density at radius 2 is 1.70 bits per heavy atom. The Kier molecular flexibility index (Phi) is 7.92. The van der Waals surface area contributed by atoms with E-state index in [0.29, 0.717) is 18.0 Å². The highest BCUT2D eigenvalue weighted by Gasteiger charge is 2.64. The first-order valence-electron chi connectivity index (χ1n) is 15.3. The number of likely N-dealkylation sites (tertiary alicyclic amines) is 1. The number of carbonyl (C=O) groups excluding carboxylic acids is 3. The van der Waals surface area contributed by atoms with Crippen molar-refractivity contribution in [3.05, 3.63) is 39.7 Å². The summed E-state index contributed by atoms with van der Waals surface area (Å²) in [5.41, 5.74) is 4.59. The van der Waals surface area contributed by atoms with Gasteiger partial charge in [-0.3, -0.25) is 24.2 Å². The largest absolute Gasteiger partial charge is 0.508 e. The molecular weight excluding hydrogens is 564 g/mol. The number of nitrogens with zero attached hydrogens (tertiary/aromatic N) is 3. The van der Waals surface area contributed by atoms with Gasteiger partial charge in [0.15, 0.2) is 11.4 Å². The lowest BCUT2D eigenvalue weighted by Crippen LogP contribution is -2.65. The molecule has 0 spiro atoms. The van der Waals surface area contributed by atoms with Crippen molar-refractivity contribution in [2.45, 2.75) is 64.6 Å². The Labute approximate surface area is 258 Å². The molecule has 1 saturated heterocycles. The van der Waals surface area contributed by atoms with E-state index in [9.17, 15) is 34.8 Å². The van der Waals surface area contributed by atoms with Crippen LogP contribution in [-0.2, 0) is 27.3 Å². The van der Waals surface area contributed by atoms with Crippen molar-refractivity contribution in [2.24, 2.45) is 28.9 Å². The number of aromatic hydroxyl groups is 1. The van der Waals surface area contributed by atoms with Gasteiger partial charge < -0.3 is 31.1 Å². The Morgan fingerprint density at radius 3 is 2.23 bits per heavy atom. The van der Waals surface area contributed by atoms with E-state index < -0.39 is 58.0 Å². The number of piperidine rings is 1. The van der Waals surface area contributed by atoms with Crippen molar-refractivity contribution in [1.82, 2.24) is 9.80 Å². The molecule has 0 aromatic heterocycles. The van der Waals surface area contributed by atoms with E-state index in [1.165, 1.54) is 4.90 Å². The summed E-state index contributed by atoms with van der Waals surface area (Å²) in [6, 6.07) is 0.520. The van der Waals surface area contributed by atoms with E-state index in [4.69, 9.17) is 5.73 Å². The topological polar surface area (TPSA) is 168 Å². The number of anilines is 1. The normalized spacial score (nSPS) is 28.2. The molecule has 11 heteroatoms. The summed E-state index contributed by atoms with van der Waals surface area (Å²) in [5.74, 6) is -5.85. The minimum absolute atomic E-state index is 0.0595. The van der Waals surface area contributed by atoms with Crippen molar-refractivity contribution in [1.29, 1.82) is 0 Å². The molecule has 6 N–H and O–H groups in total. The maximum absolute atomic E-state index is 14.1. The fourth-order valence-electron chi connectivity index (χ4n) is 8.24. The minimum Gasteiger partial charge on any atom is -0.508 e. The number of rotatable bonds is 5. The van der Waals surface area contributed by atoms with Crippen molar-refractivity contribution in [3.63, 3.8) is 0 Å². The number of hydrogen-bond acceptors (Lipinski definition) is 10. The summed E-state index contributed by atoms with van der Waals surface area (Å²) in [7, 11) is 6.98. The zero-order valence-electron chi connectivity index (χ0n) is 26.8. The van der Waals surface area contributed by atoms with Crippen LogP contribution in [0.25, 0.3) is 5.76 Å². The fourth-order valence-corrected chi connectivity index (χ4v) is 8.24. The lowest BCUT2D eigenvalue weighted by molar-refractivity contribution is -0.153. The molecule has 240 valence electrons. The molecular formula is C33H46N4O7. The molecule has 11 nitrogen and oxygen atoms in total. The molecule has 3 aliphatic carbocycles. The Balaban J connectivity index is 1.59. The number of carbonyl (C=O) groups is 3. The molecule has 44 heavy (non-hydrogen) atoms. The number of nitrogens with two attached hydrogens (primary N) is 1. The number of benzene rings is 1. The van der Waals surface area contributed by atoms with Gasteiger partial charge in [-0.1, -0.05) is 20.8 Å². The first kappa shape index (κ1) is 32.0. The smallest absolute Gasteiger partial charge is 0.255 e. The molecule has 1 heterocycles. The van der Waals surface area contributed by atoms with Crippen LogP contribution in [0.1, 0.15) is 56.7 Å². The number of hydrogen-bond donors (Lipinski definition) is 5. The van der Waals surface area contributed by atoms with Gasteiger partial charge in [0, 0.05) is 37.8 Å². The van der Waals surface area contributed by atoms with Crippen LogP contribution < -0.4 is 10.6 Å². The summed E-state index contributed by atoms with van der Waals surface area (Å²) < 4.78 is 0. The van der Waals surface area contributed by atoms with E-state index >= 15 is 0 Å². The quantitative estimate of drug-likeness (QED) is 0.312. The maximum Gasteiger partial charge on any atom is 0.255 e. The van der Waals surface area contributed by atoms with Gasteiger partial charge >= 0.3 is 0 Å². The van der Waals surface area contributed by atoms with Crippen molar-refractivity contribution in [3.8, 4) is 5.75 Å². The number of amides is 1. The number of aliphatic hydroxyl groups excluding tert-OH is 2. The van der Waals surface area contributed by atoms with E-state index in [0.717, 1.165) is 37.2 Å². The van der Waals surface area contributed by atoms with Gasteiger partial charge in [0.25, 0.3) is 5.91 Å². The molecule has 1 saturated carbocycles. The number of fused-ring (bicyclic) bond motifs is 3. The number of aliphatic hydroxyl groups is 3. The molecule has 0 radical (unpaired) electrons. The van der Waals surface area contributed by atoms with Gasteiger partial charge in [0.1, 0.15) is 22.8 Å². The van der Waals surface area contributed by atoms with Crippen LogP contribution in [0, 0.1) is 23.2 Å². The molecule has 1 aromatic carbocycles. The Hall–Kier alpha value is -3.41. The van der Waals surface area contributed by atoms with Gasteiger partial charge in [0.2, 0.25) is 5.78 Å². The lowest BCUT2D eigenvalue weighted by atomic mass is 9.57. The summed E-state index contributed by atoms with van der Waals surface area (Å²) in [6.45, 7) is 9.32. The molecule has 1 aromatic rings. The van der Waals surface area contributed by atoms with E-state index in [-0.39, 0.29) is 35.1 Å². The van der Waals surface area contributed by atoms with Crippen molar-refractivity contribution in [2.75, 3.05) is 46.2 Å². The standard InChI is InChI=1S/C33H46N4O7/c1-32(2,3)18-8-10-37(11-9-18)15-17-14-21(38)23-19(25(17)35(4)5)12-16-13-20-26(36(6)7)28(40)24(31(34)43)30(42)33(20,44)29(41)22(16)27(23)39/h14,16,18,20,26,38-39,42,44H,8-13,15H2,1-7H3,(H2,34,43)/t16-,20-,26-,33-/m0/s1. The van der Waals surface area contributed by atoms with Crippen LogP contribution in [-0.4, -0.2) is 101 Å². The van der Waals surface area contributed by atoms with Gasteiger partial charge in [-0.05, 0) is 87.3 Å². The highest BCUT2D eigenvalue weighted by Crippen LogP contribution is 2.54. The first-order chi connectivity index (χ1) is 20.4. The third-order valence-corrected chi connectivity index (χ3v) is 10.4. The first-order valence-corrected chi connectivity index (χ1v) is 15.3. The molecule has 0 unspecified atom stereocenters. The highest BCUT2D eigenvalue weighted by atomic mass is 16.3. The number of primary amides is 1. The third kappa shape index (κ3) is 4.80. The molecule has 2 fully saturated rings. The summed E-state index contributed by atoms with van der Waals surface area (Å²) in [5, 5.41) is 45.8. The van der Waals surface area contributed by atoms with Crippen LogP contribution in [0.2, 0.25) is 0 Å². The second-order valence-electron chi connectivity index (χ2n) is 14.5. The van der Waals surface area contributed by atoms with Gasteiger partial charge in [-0.25, -0.2) is 0 Å². The minimum atomic E-state index is -2.65. The highest BCUT2D eigenvalue weighted by molar-refractivity contribution is 6.24. The zero-order chi connectivity index (χ0) is 32.6. The summed E-state index contributed by atoms with van der Waals surface area (Å²) in [6.07, 6.45) is 2.49. The fraction of sp³-hybridized carbons (Fsp3) is 0.606. The SMILES string of the molecule is CN(C)c1c(CN2CCC(C(C)(C)C)CC2)cc(O)c2c1C[C@H]1C[C@H]3[C@H](N(C)C)C(=O)C(C(N)=O)=C(O)[C@@]3(O)C(=O)C1=C2O. The van der Waals surface area contributed by atoms with Gasteiger partial charge in [-0.15, -0.1) is 0 Å². The van der Waals surface area contributed by atoms with Crippen LogP contribution in [0.3, 0.4) is 0 Å². The van der Waals surface area contributed by atoms with Gasteiger partial charge in [0.05, 0.1) is 11.6 Å². The average molecular weight is 611 g/mol. The third-order valence-electron chi connectivity index (χ3n) is 10.4. The van der Waals surface area contributed by atoms with E-state index in [1.807, 2.05) is 19.0 Å². The summed E-state index contributed by atoms with van der Waals surface area (Å²) in [4.78, 5) is 45.5. The monoisotopic (exact) mass is 610 g/mol. The van der Waals surface area contributed by atoms with Gasteiger partial charge in [-0.2, -0.15) is 0 Å². The molecule has 0 bridgehead atoms. The van der Waals surface area contributed by atoms with E-state index in [1.54, 1.807) is 20.2 Å². The number of phenolic OH excluding ortho intramolecular Hbond substituents is 1. The number of likely N-dealkylation sites (N-methyl/N-ethyl adjacent to an activating group) is 1. The van der Waals surface area contributed by atoms with E-state index in [2.05, 4.69) is 25.7 Å². The van der Waals surface area contributed by atoms with Crippen molar-refractivity contribution < 1.29 is 34.8 Å². The molecule has 4 aliphatic rings. The zero-order valence-corrected chi connectivity index (χ0v) is 26.8. The Bertz CT molecular complexity index is 1480. The average Bonchev–Trinajstić information content (AvgIpc) is 2.89. The second kappa shape index (κ2) is 10.9. The predicted octanol–water partition coefficient (Wildman–Crippen LogP) is 2.29. The number of Topliss-reactive ketones (excluding diaryl/α,β-unsaturated/α-hetero) is 2. The maximum atomic E-state index is 14.1.